The lowest BCUT2D eigenvalue weighted by molar-refractivity contribution is 0.374. The van der Waals surface area contributed by atoms with E-state index in [1.54, 1.807) is 19.3 Å². The van der Waals surface area contributed by atoms with Crippen LogP contribution in [0.3, 0.4) is 0 Å². The summed E-state index contributed by atoms with van der Waals surface area (Å²) >= 11 is 0. The van der Waals surface area contributed by atoms with Gasteiger partial charge in [-0.3, -0.25) is 0 Å². The van der Waals surface area contributed by atoms with Crippen molar-refractivity contribution < 1.29 is 0 Å². The van der Waals surface area contributed by atoms with Crippen LogP contribution in [0, 0.1) is 17.8 Å². The molecule has 0 nitrogen and oxygen atoms in total. The molecule has 0 heterocycles. The molecule has 3 atom stereocenters. The molecular formula is C14H26. The van der Waals surface area contributed by atoms with Gasteiger partial charge in [-0.1, -0.05) is 58.3 Å². The van der Waals surface area contributed by atoms with Gasteiger partial charge in [0.1, 0.15) is 0 Å². The van der Waals surface area contributed by atoms with Crippen molar-refractivity contribution in [2.45, 2.75) is 71.1 Å². The maximum absolute atomic E-state index is 2.50. The molecule has 0 spiro atoms. The minimum atomic E-state index is 1.04. The van der Waals surface area contributed by atoms with Gasteiger partial charge < -0.3 is 0 Å². The van der Waals surface area contributed by atoms with Crippen molar-refractivity contribution in [2.75, 3.05) is 0 Å². The second kappa shape index (κ2) is 5.19. The quantitative estimate of drug-likeness (QED) is 0.520. The Labute approximate surface area is 89.5 Å². The van der Waals surface area contributed by atoms with Crippen LogP contribution in [-0.2, 0) is 0 Å². The highest BCUT2D eigenvalue weighted by Crippen LogP contribution is 2.41. The molecule has 0 N–H and O–H groups in total. The smallest absolute Gasteiger partial charge is 0.0386 e. The molecule has 2 fully saturated rings. The minimum Gasteiger partial charge on any atom is -0.0622 e. The van der Waals surface area contributed by atoms with E-state index < -0.39 is 0 Å². The van der Waals surface area contributed by atoms with Gasteiger partial charge in [-0.25, -0.2) is 0 Å². The average Bonchev–Trinajstić information content (AvgIpc) is 2.49. The molecule has 2 rings (SSSR count). The van der Waals surface area contributed by atoms with Crippen molar-refractivity contribution in [3.05, 3.63) is 0 Å². The van der Waals surface area contributed by atoms with E-state index in [0.29, 0.717) is 0 Å². The van der Waals surface area contributed by atoms with E-state index in [4.69, 9.17) is 0 Å². The topological polar surface area (TPSA) is 0 Å². The Morgan fingerprint density at radius 3 is 2.14 bits per heavy atom. The zero-order valence-electron chi connectivity index (χ0n) is 9.80. The van der Waals surface area contributed by atoms with Crippen LogP contribution in [0.4, 0.5) is 0 Å². The van der Waals surface area contributed by atoms with Crippen LogP contribution < -0.4 is 0 Å². The SMILES string of the molecule is CC1CC2CCCCCCCCC1C2. The van der Waals surface area contributed by atoms with Gasteiger partial charge in [0.15, 0.2) is 0 Å². The summed E-state index contributed by atoms with van der Waals surface area (Å²) in [7, 11) is 0. The first kappa shape index (κ1) is 10.5. The van der Waals surface area contributed by atoms with E-state index >= 15 is 0 Å². The molecule has 82 valence electrons. The zero-order chi connectivity index (χ0) is 9.80. The van der Waals surface area contributed by atoms with Crippen LogP contribution in [0.1, 0.15) is 71.1 Å². The minimum absolute atomic E-state index is 1.04. The Hall–Kier alpha value is 0. The first-order chi connectivity index (χ1) is 6.86. The zero-order valence-corrected chi connectivity index (χ0v) is 9.80. The van der Waals surface area contributed by atoms with Gasteiger partial charge in [-0.05, 0) is 30.6 Å². The van der Waals surface area contributed by atoms with Crippen molar-refractivity contribution in [3.63, 3.8) is 0 Å². The number of hydrogen-bond acceptors (Lipinski definition) is 0. The fourth-order valence-corrected chi connectivity index (χ4v) is 3.66. The molecule has 0 amide bonds. The molecule has 0 heteroatoms. The van der Waals surface area contributed by atoms with Crippen LogP contribution >= 0.6 is 0 Å². The van der Waals surface area contributed by atoms with Crippen molar-refractivity contribution in [1.29, 1.82) is 0 Å². The van der Waals surface area contributed by atoms with Gasteiger partial charge in [-0.15, -0.1) is 0 Å². The summed E-state index contributed by atoms with van der Waals surface area (Å²) in [6.07, 6.45) is 15.3. The van der Waals surface area contributed by atoms with Gasteiger partial charge in [-0.2, -0.15) is 0 Å². The van der Waals surface area contributed by atoms with E-state index in [1.165, 1.54) is 44.9 Å². The molecule has 0 aromatic heterocycles. The molecule has 2 aliphatic rings. The number of rotatable bonds is 0. The highest BCUT2D eigenvalue weighted by molar-refractivity contribution is 4.81. The molecule has 14 heavy (non-hydrogen) atoms. The Bertz CT molecular complexity index is 161. The van der Waals surface area contributed by atoms with Crippen LogP contribution in [-0.4, -0.2) is 0 Å². The Morgan fingerprint density at radius 1 is 0.714 bits per heavy atom. The average molecular weight is 194 g/mol. The molecule has 0 saturated heterocycles. The Kier molecular flexibility index (Phi) is 3.89. The second-order valence-electron chi connectivity index (χ2n) is 5.77. The summed E-state index contributed by atoms with van der Waals surface area (Å²) in [4.78, 5) is 0. The van der Waals surface area contributed by atoms with Crippen LogP contribution in [0.2, 0.25) is 0 Å². The highest BCUT2D eigenvalue weighted by atomic mass is 14.4. The Balaban J connectivity index is 1.86. The fraction of sp³-hybridized carbons (Fsp3) is 1.00. The van der Waals surface area contributed by atoms with Crippen molar-refractivity contribution in [2.24, 2.45) is 17.8 Å². The van der Waals surface area contributed by atoms with E-state index in [0.717, 1.165) is 17.8 Å². The molecule has 0 radical (unpaired) electrons. The summed E-state index contributed by atoms with van der Waals surface area (Å²) in [5.74, 6) is 3.24. The predicted octanol–water partition coefficient (Wildman–Crippen LogP) is 4.78. The largest absolute Gasteiger partial charge is 0.0622 e. The first-order valence-corrected chi connectivity index (χ1v) is 6.86. The van der Waals surface area contributed by atoms with Gasteiger partial charge in [0.25, 0.3) is 0 Å². The summed E-state index contributed by atoms with van der Waals surface area (Å²) < 4.78 is 0. The lowest BCUT2D eigenvalue weighted by atomic mass is 9.92. The lowest BCUT2D eigenvalue weighted by Gasteiger charge is -2.14. The molecular weight excluding hydrogens is 168 g/mol. The third kappa shape index (κ3) is 2.74. The standard InChI is InChI=1S/C14H26/c1-12-10-13-8-6-4-2-3-5-7-9-14(12)11-13/h12-14H,2-11H2,1H3. The van der Waals surface area contributed by atoms with Crippen molar-refractivity contribution in [3.8, 4) is 0 Å². The van der Waals surface area contributed by atoms with Gasteiger partial charge in [0.2, 0.25) is 0 Å². The van der Waals surface area contributed by atoms with E-state index in [2.05, 4.69) is 6.92 Å². The van der Waals surface area contributed by atoms with E-state index in [1.807, 2.05) is 0 Å². The summed E-state index contributed by atoms with van der Waals surface area (Å²) in [5.41, 5.74) is 0. The monoisotopic (exact) mass is 194 g/mol. The van der Waals surface area contributed by atoms with Crippen molar-refractivity contribution >= 4 is 0 Å². The fourth-order valence-electron chi connectivity index (χ4n) is 3.66. The van der Waals surface area contributed by atoms with Gasteiger partial charge >= 0.3 is 0 Å². The molecule has 2 saturated carbocycles. The maximum Gasteiger partial charge on any atom is -0.0386 e. The number of hydrogen-bond donors (Lipinski definition) is 0. The third-order valence-corrected chi connectivity index (χ3v) is 4.58. The summed E-state index contributed by atoms with van der Waals surface area (Å²) in [6.45, 7) is 2.50. The van der Waals surface area contributed by atoms with Crippen LogP contribution in [0.25, 0.3) is 0 Å². The molecule has 0 aromatic rings. The van der Waals surface area contributed by atoms with Crippen molar-refractivity contribution in [1.82, 2.24) is 0 Å². The van der Waals surface area contributed by atoms with Crippen LogP contribution in [0.15, 0.2) is 0 Å². The molecule has 2 aliphatic carbocycles. The normalized spacial score (nSPS) is 40.5. The van der Waals surface area contributed by atoms with E-state index in [9.17, 15) is 0 Å². The molecule has 0 aromatic carbocycles. The molecule has 3 unspecified atom stereocenters. The van der Waals surface area contributed by atoms with Gasteiger partial charge in [0, 0.05) is 0 Å². The first-order valence-electron chi connectivity index (χ1n) is 6.86. The molecule has 0 aliphatic heterocycles. The summed E-state index contributed by atoms with van der Waals surface area (Å²) in [5, 5.41) is 0. The third-order valence-electron chi connectivity index (χ3n) is 4.58. The Morgan fingerprint density at radius 2 is 1.36 bits per heavy atom. The maximum atomic E-state index is 2.50. The van der Waals surface area contributed by atoms with Crippen LogP contribution in [0.5, 0.6) is 0 Å². The summed E-state index contributed by atoms with van der Waals surface area (Å²) in [6, 6.07) is 0. The molecule has 2 bridgehead atoms. The van der Waals surface area contributed by atoms with Gasteiger partial charge in [0.05, 0.1) is 0 Å². The number of fused-ring (bicyclic) bond motifs is 2. The second-order valence-corrected chi connectivity index (χ2v) is 5.77. The van der Waals surface area contributed by atoms with E-state index in [-0.39, 0.29) is 0 Å². The lowest BCUT2D eigenvalue weighted by Crippen LogP contribution is -2.03. The predicted molar refractivity (Wildman–Crippen MR) is 62.3 cm³/mol. The highest BCUT2D eigenvalue weighted by Gasteiger charge is 2.30.